The van der Waals surface area contributed by atoms with Crippen molar-refractivity contribution in [3.05, 3.63) is 10.3 Å². The van der Waals surface area contributed by atoms with Crippen molar-refractivity contribution in [2.24, 2.45) is 0 Å². The van der Waals surface area contributed by atoms with E-state index in [1.807, 2.05) is 0 Å². The molecule has 0 aliphatic carbocycles. The summed E-state index contributed by atoms with van der Waals surface area (Å²) in [5.41, 5.74) is 0. The van der Waals surface area contributed by atoms with Crippen molar-refractivity contribution in [1.29, 1.82) is 0 Å². The Balaban J connectivity index is 2.80. The van der Waals surface area contributed by atoms with Crippen LogP contribution in [0.5, 0.6) is 0 Å². The summed E-state index contributed by atoms with van der Waals surface area (Å²) in [7, 11) is -3.24. The van der Waals surface area contributed by atoms with Gasteiger partial charge in [-0.05, 0) is 0 Å². The van der Waals surface area contributed by atoms with Crippen molar-refractivity contribution in [3.63, 3.8) is 0 Å². The molecule has 1 fully saturated rings. The highest BCUT2D eigenvalue weighted by molar-refractivity contribution is 8.15. The highest BCUT2D eigenvalue weighted by Crippen LogP contribution is 2.31. The predicted octanol–water partition coefficient (Wildman–Crippen LogP) is 0.872. The van der Waals surface area contributed by atoms with Gasteiger partial charge in [0, 0.05) is 13.1 Å². The molecule has 1 saturated heterocycles. The van der Waals surface area contributed by atoms with Crippen molar-refractivity contribution in [2.75, 3.05) is 33.4 Å². The maximum Gasteiger partial charge on any atom is 0.299 e. The van der Waals surface area contributed by atoms with Gasteiger partial charge in [0.05, 0.1) is 32.4 Å². The first-order valence-electron chi connectivity index (χ1n) is 4.67. The topological polar surface area (TPSA) is 74.3 Å². The van der Waals surface area contributed by atoms with Crippen LogP contribution in [-0.2, 0) is 29.0 Å². The van der Waals surface area contributed by atoms with Gasteiger partial charge in [-0.3, -0.25) is 0 Å². The minimum absolute atomic E-state index is 0.00477. The van der Waals surface area contributed by atoms with Crippen molar-refractivity contribution in [2.45, 2.75) is 0 Å². The summed E-state index contributed by atoms with van der Waals surface area (Å²) < 4.78 is 57.7. The van der Waals surface area contributed by atoms with Gasteiger partial charge in [0.1, 0.15) is 0 Å². The molecule has 18 heavy (non-hydrogen) atoms. The average Bonchev–Trinajstić information content (AvgIpc) is 2.35. The van der Waals surface area contributed by atoms with Crippen LogP contribution >= 0.6 is 12.0 Å². The first-order valence-corrected chi connectivity index (χ1v) is 6.85. The number of hydrogen-bond donors (Lipinski definition) is 0. The molecule has 11 heteroatoms. The van der Waals surface area contributed by atoms with E-state index in [1.165, 1.54) is 0 Å². The van der Waals surface area contributed by atoms with Gasteiger partial charge >= 0.3 is 0 Å². The predicted molar refractivity (Wildman–Crippen MR) is 57.3 cm³/mol. The Kier molecular flexibility index (Phi) is 6.42. The van der Waals surface area contributed by atoms with Crippen LogP contribution in [0.3, 0.4) is 0 Å². The average molecular weight is 307 g/mol. The van der Waals surface area contributed by atoms with E-state index in [0.717, 1.165) is 11.4 Å². The van der Waals surface area contributed by atoms with Crippen molar-refractivity contribution in [3.8, 4) is 0 Å². The second-order valence-electron chi connectivity index (χ2n) is 2.95. The summed E-state index contributed by atoms with van der Waals surface area (Å²) in [6.07, 6.45) is -2.38. The molecule has 1 rings (SSSR count). The van der Waals surface area contributed by atoms with E-state index >= 15 is 0 Å². The molecule has 0 saturated carbocycles. The first-order chi connectivity index (χ1) is 8.50. The Bertz CT molecular complexity index is 391. The molecule has 1 heterocycles. The van der Waals surface area contributed by atoms with Crippen LogP contribution < -0.4 is 0 Å². The fourth-order valence-electron chi connectivity index (χ4n) is 1.15. The normalized spacial score (nSPS) is 17.7. The van der Waals surface area contributed by atoms with Crippen LogP contribution in [0.4, 0.5) is 8.78 Å². The third-order valence-electron chi connectivity index (χ3n) is 1.90. The van der Waals surface area contributed by atoms with Gasteiger partial charge in [0.2, 0.25) is 4.24 Å². The molecule has 0 N–H and O–H groups in total. The van der Waals surface area contributed by atoms with Gasteiger partial charge in [-0.1, -0.05) is 5.04 Å². The third-order valence-corrected chi connectivity index (χ3v) is 4.84. The summed E-state index contributed by atoms with van der Waals surface area (Å²) in [5, 5.41) is 3.88. The second kappa shape index (κ2) is 7.33. The van der Waals surface area contributed by atoms with E-state index in [4.69, 9.17) is 4.74 Å². The molecule has 106 valence electrons. The fraction of sp³-hybridized carbons (Fsp3) is 0.714. The molecule has 0 unspecified atom stereocenters. The molecule has 0 amide bonds. The summed E-state index contributed by atoms with van der Waals surface area (Å²) in [6.45, 7) is 0.316. The van der Waals surface area contributed by atoms with Gasteiger partial charge < -0.3 is 4.74 Å². The van der Waals surface area contributed by atoms with E-state index in [2.05, 4.69) is 14.3 Å². The molecular formula is C7H11F2NO6S2. The van der Waals surface area contributed by atoms with Crippen LogP contribution in [0.2, 0.25) is 0 Å². The second-order valence-corrected chi connectivity index (χ2v) is 5.79. The number of morpholine rings is 1. The fourth-order valence-corrected chi connectivity index (χ4v) is 3.16. The maximum absolute atomic E-state index is 12.6. The number of rotatable bonds is 6. The number of nitrogens with zero attached hydrogens (tertiary/aromatic N) is 1. The maximum atomic E-state index is 12.6. The minimum atomic E-state index is -4.32. The van der Waals surface area contributed by atoms with Crippen LogP contribution in [0.15, 0.2) is 10.3 Å². The highest BCUT2D eigenvalue weighted by Gasteiger charge is 2.33. The zero-order chi connectivity index (χ0) is 13.6. The number of halogens is 2. The van der Waals surface area contributed by atoms with Gasteiger partial charge in [0.25, 0.3) is 16.1 Å². The van der Waals surface area contributed by atoms with Gasteiger partial charge in [-0.2, -0.15) is 13.1 Å². The largest absolute Gasteiger partial charge is 0.379 e. The summed E-state index contributed by atoms with van der Waals surface area (Å²) >= 11 is -0.133. The van der Waals surface area contributed by atoms with Gasteiger partial charge in [-0.15, -0.1) is 4.33 Å². The van der Waals surface area contributed by atoms with E-state index in [9.17, 15) is 17.2 Å². The molecule has 0 radical (unpaired) electrons. The van der Waals surface area contributed by atoms with Crippen molar-refractivity contribution < 1.29 is 36.2 Å². The van der Waals surface area contributed by atoms with Crippen LogP contribution in [0.1, 0.15) is 0 Å². The number of hydrogen-bond acceptors (Lipinski definition) is 7. The Hall–Kier alpha value is -0.300. The lowest BCUT2D eigenvalue weighted by molar-refractivity contribution is -0.447. The Morgan fingerprint density at radius 2 is 1.94 bits per heavy atom. The zero-order valence-corrected chi connectivity index (χ0v) is 10.9. The molecule has 0 spiro atoms. The molecule has 0 bridgehead atoms. The highest BCUT2D eigenvalue weighted by atomic mass is 32.3. The van der Waals surface area contributed by atoms with Crippen molar-refractivity contribution >= 4 is 22.1 Å². The lowest BCUT2D eigenvalue weighted by atomic mass is 10.5. The van der Waals surface area contributed by atoms with E-state index in [0.29, 0.717) is 0 Å². The van der Waals surface area contributed by atoms with Crippen LogP contribution in [0, 0.1) is 0 Å². The summed E-state index contributed by atoms with van der Waals surface area (Å²) in [5.74, 6) is 0. The molecule has 1 aliphatic heterocycles. The molecule has 0 aromatic rings. The lowest BCUT2D eigenvalue weighted by Crippen LogP contribution is -2.40. The van der Waals surface area contributed by atoms with E-state index in [1.54, 1.807) is 0 Å². The summed E-state index contributed by atoms with van der Waals surface area (Å²) in [4.78, 5) is 3.99. The summed E-state index contributed by atoms with van der Waals surface area (Å²) in [6, 6.07) is 0. The van der Waals surface area contributed by atoms with Crippen LogP contribution in [0.25, 0.3) is 0 Å². The van der Waals surface area contributed by atoms with Crippen LogP contribution in [-0.4, -0.2) is 46.1 Å². The van der Waals surface area contributed by atoms with E-state index in [-0.39, 0.29) is 38.3 Å². The monoisotopic (exact) mass is 307 g/mol. The minimum Gasteiger partial charge on any atom is -0.379 e. The first kappa shape index (κ1) is 15.8. The van der Waals surface area contributed by atoms with E-state index < -0.39 is 20.3 Å². The smallest absolute Gasteiger partial charge is 0.299 e. The molecule has 0 aromatic carbocycles. The lowest BCUT2D eigenvalue weighted by Gasteiger charge is -2.25. The molecule has 1 aliphatic rings. The standard InChI is InChI=1S/C7H11F2NO6S2/c1-13-15-16-17-7(6(8)9)18(11,12)10-2-4-14-5-3-10/h2-5H2,1H3. The molecule has 0 aromatic heterocycles. The number of sulfonamides is 1. The van der Waals surface area contributed by atoms with Gasteiger partial charge in [0.15, 0.2) is 0 Å². The third kappa shape index (κ3) is 4.12. The van der Waals surface area contributed by atoms with Crippen molar-refractivity contribution in [1.82, 2.24) is 4.31 Å². The zero-order valence-electron chi connectivity index (χ0n) is 9.30. The molecule has 0 atom stereocenters. The molecule has 7 nitrogen and oxygen atoms in total. The Labute approximate surface area is 107 Å². The number of ether oxygens (including phenoxy) is 1. The quantitative estimate of drug-likeness (QED) is 0.312. The Morgan fingerprint density at radius 1 is 1.33 bits per heavy atom. The molecular weight excluding hydrogens is 296 g/mol. The SMILES string of the molecule is COOOSC(=C(F)F)S(=O)(=O)N1CCOCC1. The van der Waals surface area contributed by atoms with Gasteiger partial charge in [-0.25, -0.2) is 13.3 Å². The Morgan fingerprint density at radius 3 is 2.44 bits per heavy atom.